The zero-order valence-corrected chi connectivity index (χ0v) is 22.6. The van der Waals surface area contributed by atoms with Crippen molar-refractivity contribution < 1.29 is 23.5 Å². The molecule has 1 unspecified atom stereocenters. The average Bonchev–Trinajstić information content (AvgIpc) is 3.41. The molecule has 2 atom stereocenters. The number of likely N-dealkylation sites (tertiary alicyclic amines) is 1. The summed E-state index contributed by atoms with van der Waals surface area (Å²) in [6, 6.07) is 8.77. The summed E-state index contributed by atoms with van der Waals surface area (Å²) in [5.41, 5.74) is 2.40. The monoisotopic (exact) mass is 599 g/mol. The second-order valence-electron chi connectivity index (χ2n) is 9.40. The summed E-state index contributed by atoms with van der Waals surface area (Å²) in [7, 11) is 0. The summed E-state index contributed by atoms with van der Waals surface area (Å²) < 4.78 is 30.7. The summed E-state index contributed by atoms with van der Waals surface area (Å²) in [4.78, 5) is 39.6. The van der Waals surface area contributed by atoms with E-state index in [2.05, 4.69) is 41.3 Å². The van der Waals surface area contributed by atoms with Crippen LogP contribution < -0.4 is 5.32 Å². The van der Waals surface area contributed by atoms with Gasteiger partial charge in [0.25, 0.3) is 5.92 Å². The Morgan fingerprint density at radius 2 is 1.95 bits per heavy atom. The molecule has 202 valence electrons. The molecule has 0 bridgehead atoms. The number of fused-ring (bicyclic) bond motifs is 1. The molecule has 4 aromatic rings. The second kappa shape index (κ2) is 10.4. The van der Waals surface area contributed by atoms with E-state index in [0.29, 0.717) is 27.0 Å². The standard InChI is InChI=1S/C26H24BrF2N7O3/c1-14(37)24-18-8-16(17-10-30-15(2)31-11-17)6-7-19(18)36(34-24)12-23(38)35-13-26(28,29)9-20(35)25(39)33-22-5-3-4-21(27)32-22/h3-8,10-11,14,20,37H,9,12-13H2,1-2H3,(H,32,33,39)/t14?,20-/m0/s1. The zero-order chi connectivity index (χ0) is 27.9. The maximum absolute atomic E-state index is 14.4. The van der Waals surface area contributed by atoms with E-state index < -0.39 is 49.4 Å². The maximum atomic E-state index is 14.4. The molecular formula is C26H24BrF2N7O3. The molecule has 5 rings (SSSR count). The quantitative estimate of drug-likeness (QED) is 0.322. The second-order valence-corrected chi connectivity index (χ2v) is 10.2. The molecule has 1 aliphatic rings. The highest BCUT2D eigenvalue weighted by Gasteiger charge is 2.50. The third-order valence-corrected chi connectivity index (χ3v) is 6.87. The maximum Gasteiger partial charge on any atom is 0.267 e. The van der Waals surface area contributed by atoms with E-state index in [9.17, 15) is 23.5 Å². The largest absolute Gasteiger partial charge is 0.387 e. The van der Waals surface area contributed by atoms with Crippen LogP contribution in [0.5, 0.6) is 0 Å². The van der Waals surface area contributed by atoms with Crippen LogP contribution in [-0.2, 0) is 16.1 Å². The number of carbonyl (C=O) groups is 2. The minimum absolute atomic E-state index is 0.173. The Balaban J connectivity index is 1.42. The first-order valence-electron chi connectivity index (χ1n) is 12.1. The number of rotatable bonds is 6. The third kappa shape index (κ3) is 5.64. The molecule has 1 fully saturated rings. The predicted molar refractivity (Wildman–Crippen MR) is 142 cm³/mol. The van der Waals surface area contributed by atoms with Crippen LogP contribution in [0.15, 0.2) is 53.4 Å². The number of aliphatic hydroxyl groups is 1. The van der Waals surface area contributed by atoms with Gasteiger partial charge in [0, 0.05) is 29.8 Å². The van der Waals surface area contributed by atoms with Gasteiger partial charge in [-0.1, -0.05) is 12.1 Å². The van der Waals surface area contributed by atoms with Crippen LogP contribution in [0.2, 0.25) is 0 Å². The van der Waals surface area contributed by atoms with Gasteiger partial charge in [0.2, 0.25) is 11.8 Å². The molecule has 2 amide bonds. The SMILES string of the molecule is Cc1ncc(-c2ccc3c(c2)c(C(C)O)nn3CC(=O)N2CC(F)(F)C[C@H]2C(=O)Nc2cccc(Br)n2)cn1. The number of carbonyl (C=O) groups excluding carboxylic acids is 2. The first kappa shape index (κ1) is 26.8. The number of nitrogens with one attached hydrogen (secondary N) is 1. The van der Waals surface area contributed by atoms with Crippen LogP contribution in [0.25, 0.3) is 22.0 Å². The van der Waals surface area contributed by atoms with Crippen molar-refractivity contribution in [1.82, 2.24) is 29.6 Å². The van der Waals surface area contributed by atoms with Crippen LogP contribution in [0.3, 0.4) is 0 Å². The van der Waals surface area contributed by atoms with Crippen LogP contribution in [0.1, 0.15) is 31.0 Å². The molecule has 0 radical (unpaired) electrons. The number of hydrogen-bond donors (Lipinski definition) is 2. The Kier molecular flexibility index (Phi) is 7.12. The number of halogens is 3. The minimum Gasteiger partial charge on any atom is -0.387 e. The lowest BCUT2D eigenvalue weighted by Gasteiger charge is -2.23. The number of alkyl halides is 2. The Hall–Kier alpha value is -3.84. The molecule has 0 spiro atoms. The van der Waals surface area contributed by atoms with Crippen LogP contribution in [-0.4, -0.2) is 65.1 Å². The van der Waals surface area contributed by atoms with E-state index in [1.807, 2.05) is 6.07 Å². The van der Waals surface area contributed by atoms with E-state index in [1.165, 1.54) is 10.7 Å². The van der Waals surface area contributed by atoms with Crippen molar-refractivity contribution in [3.8, 4) is 11.1 Å². The highest BCUT2D eigenvalue weighted by Crippen LogP contribution is 2.34. The van der Waals surface area contributed by atoms with E-state index in [1.54, 1.807) is 50.5 Å². The fourth-order valence-corrected chi connectivity index (χ4v) is 4.92. The van der Waals surface area contributed by atoms with Crippen molar-refractivity contribution >= 4 is 44.5 Å². The van der Waals surface area contributed by atoms with Gasteiger partial charge in [0.1, 0.15) is 28.8 Å². The number of benzene rings is 1. The molecule has 1 saturated heterocycles. The van der Waals surface area contributed by atoms with Crippen molar-refractivity contribution in [3.05, 3.63) is 64.9 Å². The van der Waals surface area contributed by atoms with Crippen LogP contribution in [0, 0.1) is 6.92 Å². The predicted octanol–water partition coefficient (Wildman–Crippen LogP) is 3.89. The van der Waals surface area contributed by atoms with E-state index in [4.69, 9.17) is 0 Å². The molecule has 39 heavy (non-hydrogen) atoms. The average molecular weight is 600 g/mol. The smallest absolute Gasteiger partial charge is 0.267 e. The van der Waals surface area contributed by atoms with Gasteiger partial charge in [-0.3, -0.25) is 14.3 Å². The first-order valence-corrected chi connectivity index (χ1v) is 12.9. The minimum atomic E-state index is -3.23. The molecule has 13 heteroatoms. The summed E-state index contributed by atoms with van der Waals surface area (Å²) in [5, 5.41) is 17.9. The lowest BCUT2D eigenvalue weighted by Crippen LogP contribution is -2.44. The van der Waals surface area contributed by atoms with Crippen molar-refractivity contribution in [3.63, 3.8) is 0 Å². The van der Waals surface area contributed by atoms with Crippen LogP contribution in [0.4, 0.5) is 14.6 Å². The van der Waals surface area contributed by atoms with Crippen molar-refractivity contribution in [2.24, 2.45) is 0 Å². The number of anilines is 1. The lowest BCUT2D eigenvalue weighted by atomic mass is 10.0. The van der Waals surface area contributed by atoms with Gasteiger partial charge in [-0.05, 0) is 59.6 Å². The normalized spacial score (nSPS) is 17.4. The fraction of sp³-hybridized carbons (Fsp3) is 0.308. The third-order valence-electron chi connectivity index (χ3n) is 6.43. The number of nitrogens with zero attached hydrogens (tertiary/aromatic N) is 6. The Bertz CT molecular complexity index is 1560. The van der Waals surface area contributed by atoms with E-state index in [0.717, 1.165) is 16.0 Å². The molecule has 3 aromatic heterocycles. The summed E-state index contributed by atoms with van der Waals surface area (Å²) >= 11 is 3.20. The summed E-state index contributed by atoms with van der Waals surface area (Å²) in [5.74, 6) is -3.89. The molecule has 4 heterocycles. The molecule has 10 nitrogen and oxygen atoms in total. The zero-order valence-electron chi connectivity index (χ0n) is 21.0. The van der Waals surface area contributed by atoms with Gasteiger partial charge in [-0.25, -0.2) is 23.7 Å². The van der Waals surface area contributed by atoms with Gasteiger partial charge in [-0.15, -0.1) is 0 Å². The Morgan fingerprint density at radius 3 is 2.64 bits per heavy atom. The number of pyridine rings is 1. The van der Waals surface area contributed by atoms with Crippen LogP contribution >= 0.6 is 15.9 Å². The number of aromatic nitrogens is 5. The van der Waals surface area contributed by atoms with E-state index in [-0.39, 0.29) is 5.82 Å². The fourth-order valence-electron chi connectivity index (χ4n) is 4.57. The highest BCUT2D eigenvalue weighted by molar-refractivity contribution is 9.10. The van der Waals surface area contributed by atoms with Gasteiger partial charge in [0.15, 0.2) is 0 Å². The van der Waals surface area contributed by atoms with Gasteiger partial charge in [0.05, 0.1) is 23.9 Å². The molecule has 1 aromatic carbocycles. The van der Waals surface area contributed by atoms with Gasteiger partial charge < -0.3 is 15.3 Å². The summed E-state index contributed by atoms with van der Waals surface area (Å²) in [6.45, 7) is 2.04. The van der Waals surface area contributed by atoms with Crippen molar-refractivity contribution in [2.75, 3.05) is 11.9 Å². The highest BCUT2D eigenvalue weighted by atomic mass is 79.9. The molecule has 0 aliphatic carbocycles. The Labute approximate surface area is 230 Å². The topological polar surface area (TPSA) is 126 Å². The molecule has 0 saturated carbocycles. The number of aliphatic hydroxyl groups excluding tert-OH is 1. The molecule has 1 aliphatic heterocycles. The van der Waals surface area contributed by atoms with Crippen molar-refractivity contribution in [1.29, 1.82) is 0 Å². The molecule has 2 N–H and O–H groups in total. The lowest BCUT2D eigenvalue weighted by molar-refractivity contribution is -0.137. The van der Waals surface area contributed by atoms with E-state index >= 15 is 0 Å². The van der Waals surface area contributed by atoms with Gasteiger partial charge >= 0.3 is 0 Å². The van der Waals surface area contributed by atoms with Crippen molar-refractivity contribution in [2.45, 2.75) is 44.9 Å². The van der Waals surface area contributed by atoms with Gasteiger partial charge in [-0.2, -0.15) is 5.10 Å². The molecular weight excluding hydrogens is 576 g/mol. The Morgan fingerprint density at radius 1 is 1.21 bits per heavy atom. The first-order chi connectivity index (χ1) is 18.5. The number of hydrogen-bond acceptors (Lipinski definition) is 7. The summed E-state index contributed by atoms with van der Waals surface area (Å²) in [6.07, 6.45) is 1.60. The number of aryl methyl sites for hydroxylation is 1. The number of amides is 2.